The van der Waals surface area contributed by atoms with Crippen LogP contribution in [-0.4, -0.2) is 34.3 Å². The number of aromatic nitrogens is 3. The van der Waals surface area contributed by atoms with Crippen LogP contribution in [0.15, 0.2) is 60.9 Å². The maximum absolute atomic E-state index is 12.8. The standard InChI is InChI=1S/C26H26F3N5O3/c1-36-22-10-3-2-9-19(22)21-14-20(30)23-24(33-21)34(16-32-23)11-4-5-12-37-25(35)31-15-17-7-6-8-18(13-17)26(27,28)29/h2-3,6-10,13-14,16H,4-5,11-12,15H2,1H3,(H2,30,33)(H,31,35). The van der Waals surface area contributed by atoms with Gasteiger partial charge in [-0.15, -0.1) is 0 Å². The van der Waals surface area contributed by atoms with Crippen molar-refractivity contribution >= 4 is 22.9 Å². The largest absolute Gasteiger partial charge is 0.496 e. The summed E-state index contributed by atoms with van der Waals surface area (Å²) in [5.41, 5.74) is 9.03. The van der Waals surface area contributed by atoms with E-state index in [1.165, 1.54) is 12.1 Å². The molecule has 2 heterocycles. The van der Waals surface area contributed by atoms with Gasteiger partial charge >= 0.3 is 12.3 Å². The summed E-state index contributed by atoms with van der Waals surface area (Å²) in [5, 5.41) is 2.47. The van der Waals surface area contributed by atoms with Gasteiger partial charge in [-0.05, 0) is 48.7 Å². The third kappa shape index (κ3) is 6.29. The van der Waals surface area contributed by atoms with Crippen molar-refractivity contribution in [3.05, 3.63) is 72.1 Å². The summed E-state index contributed by atoms with van der Waals surface area (Å²) < 4.78 is 50.9. The number of benzene rings is 2. The number of pyridine rings is 1. The van der Waals surface area contributed by atoms with Crippen molar-refractivity contribution in [1.82, 2.24) is 19.9 Å². The quantitative estimate of drug-likeness (QED) is 0.290. The number of hydrogen-bond donors (Lipinski definition) is 2. The molecule has 0 radical (unpaired) electrons. The molecule has 0 aliphatic heterocycles. The lowest BCUT2D eigenvalue weighted by Gasteiger charge is -2.11. The van der Waals surface area contributed by atoms with Crippen LogP contribution in [0, 0.1) is 0 Å². The minimum atomic E-state index is -4.44. The van der Waals surface area contributed by atoms with Crippen LogP contribution >= 0.6 is 0 Å². The Morgan fingerprint density at radius 2 is 1.92 bits per heavy atom. The molecule has 2 aromatic carbocycles. The highest BCUT2D eigenvalue weighted by Crippen LogP contribution is 2.32. The monoisotopic (exact) mass is 513 g/mol. The Bertz CT molecular complexity index is 1390. The minimum absolute atomic E-state index is 0.0641. The Morgan fingerprint density at radius 3 is 2.70 bits per heavy atom. The highest BCUT2D eigenvalue weighted by molar-refractivity contribution is 5.88. The number of nitrogen functional groups attached to an aromatic ring is 1. The zero-order chi connectivity index (χ0) is 26.4. The number of halogens is 3. The van der Waals surface area contributed by atoms with E-state index in [4.69, 9.17) is 20.2 Å². The van der Waals surface area contributed by atoms with Crippen LogP contribution in [0.25, 0.3) is 22.4 Å². The number of anilines is 1. The van der Waals surface area contributed by atoms with Gasteiger partial charge in [-0.3, -0.25) is 0 Å². The predicted octanol–water partition coefficient (Wildman–Crippen LogP) is 5.41. The van der Waals surface area contributed by atoms with Crippen molar-refractivity contribution in [2.45, 2.75) is 32.1 Å². The van der Waals surface area contributed by atoms with Gasteiger partial charge in [-0.2, -0.15) is 13.2 Å². The lowest BCUT2D eigenvalue weighted by Crippen LogP contribution is -2.24. The van der Waals surface area contributed by atoms with E-state index in [9.17, 15) is 18.0 Å². The molecule has 0 atom stereocenters. The number of amides is 1. The number of aryl methyl sites for hydroxylation is 1. The normalized spacial score (nSPS) is 11.5. The Labute approximate surface area is 211 Å². The fourth-order valence-corrected chi connectivity index (χ4v) is 3.85. The zero-order valence-electron chi connectivity index (χ0n) is 20.1. The number of methoxy groups -OCH3 is 1. The average molecular weight is 514 g/mol. The molecule has 0 saturated heterocycles. The molecule has 4 rings (SSSR count). The highest BCUT2D eigenvalue weighted by Gasteiger charge is 2.30. The smallest absolute Gasteiger partial charge is 0.416 e. The molecule has 0 unspecified atom stereocenters. The Hall–Kier alpha value is -4.28. The van der Waals surface area contributed by atoms with Crippen molar-refractivity contribution in [2.75, 3.05) is 19.5 Å². The molecule has 2 aromatic heterocycles. The van der Waals surface area contributed by atoms with E-state index in [1.807, 2.05) is 28.8 Å². The van der Waals surface area contributed by atoms with Crippen LogP contribution in [0.1, 0.15) is 24.0 Å². The Morgan fingerprint density at radius 1 is 1.11 bits per heavy atom. The minimum Gasteiger partial charge on any atom is -0.496 e. The van der Waals surface area contributed by atoms with Gasteiger partial charge < -0.3 is 25.1 Å². The number of unbranched alkanes of at least 4 members (excludes halogenated alkanes) is 1. The van der Waals surface area contributed by atoms with E-state index < -0.39 is 17.8 Å². The highest BCUT2D eigenvalue weighted by atomic mass is 19.4. The van der Waals surface area contributed by atoms with Crippen LogP contribution in [-0.2, 0) is 24.0 Å². The van der Waals surface area contributed by atoms with Crippen molar-refractivity contribution in [3.63, 3.8) is 0 Å². The predicted molar refractivity (Wildman–Crippen MR) is 133 cm³/mol. The summed E-state index contributed by atoms with van der Waals surface area (Å²) in [6, 6.07) is 14.1. The molecule has 0 fully saturated rings. The van der Waals surface area contributed by atoms with Gasteiger partial charge in [0, 0.05) is 18.7 Å². The molecule has 194 valence electrons. The van der Waals surface area contributed by atoms with Crippen LogP contribution in [0.5, 0.6) is 5.75 Å². The molecule has 1 amide bonds. The lowest BCUT2D eigenvalue weighted by molar-refractivity contribution is -0.137. The van der Waals surface area contributed by atoms with E-state index in [0.29, 0.717) is 53.2 Å². The average Bonchev–Trinajstić information content (AvgIpc) is 3.30. The van der Waals surface area contributed by atoms with E-state index in [0.717, 1.165) is 17.7 Å². The Kier molecular flexibility index (Phi) is 7.80. The number of nitrogens with zero attached hydrogens (tertiary/aromatic N) is 3. The first-order chi connectivity index (χ1) is 17.8. The van der Waals surface area contributed by atoms with E-state index in [-0.39, 0.29) is 13.2 Å². The second kappa shape index (κ2) is 11.2. The zero-order valence-corrected chi connectivity index (χ0v) is 20.1. The van der Waals surface area contributed by atoms with Gasteiger partial charge in [0.15, 0.2) is 5.65 Å². The van der Waals surface area contributed by atoms with Gasteiger partial charge in [-0.25, -0.2) is 14.8 Å². The van der Waals surface area contributed by atoms with Crippen LogP contribution in [0.4, 0.5) is 23.7 Å². The fourth-order valence-electron chi connectivity index (χ4n) is 3.85. The van der Waals surface area contributed by atoms with Gasteiger partial charge in [0.1, 0.15) is 11.3 Å². The molecule has 11 heteroatoms. The number of hydrogen-bond acceptors (Lipinski definition) is 6. The Balaban J connectivity index is 1.29. The third-order valence-corrected chi connectivity index (χ3v) is 5.70. The number of nitrogens with two attached hydrogens (primary N) is 1. The van der Waals surface area contributed by atoms with Crippen molar-refractivity contribution in [2.24, 2.45) is 0 Å². The summed E-state index contributed by atoms with van der Waals surface area (Å²) in [6.07, 6.45) is -2.22. The molecular weight excluding hydrogens is 487 g/mol. The van der Waals surface area contributed by atoms with Crippen LogP contribution in [0.3, 0.4) is 0 Å². The molecule has 0 spiro atoms. The SMILES string of the molecule is COc1ccccc1-c1cc(N)c2ncn(CCCCOC(=O)NCc3cccc(C(F)(F)F)c3)c2n1. The number of ether oxygens (including phenoxy) is 2. The summed E-state index contributed by atoms with van der Waals surface area (Å²) in [6.45, 7) is 0.669. The first-order valence-electron chi connectivity index (χ1n) is 11.6. The van der Waals surface area contributed by atoms with E-state index in [1.54, 1.807) is 19.5 Å². The van der Waals surface area contributed by atoms with Crippen LogP contribution < -0.4 is 15.8 Å². The maximum Gasteiger partial charge on any atom is 0.416 e. The third-order valence-electron chi connectivity index (χ3n) is 5.70. The molecule has 37 heavy (non-hydrogen) atoms. The summed E-state index contributed by atoms with van der Waals surface area (Å²) in [7, 11) is 1.60. The summed E-state index contributed by atoms with van der Waals surface area (Å²) in [5.74, 6) is 0.684. The number of imidazole rings is 1. The number of alkyl halides is 3. The van der Waals surface area contributed by atoms with Crippen molar-refractivity contribution in [3.8, 4) is 17.0 Å². The fraction of sp³-hybridized carbons (Fsp3) is 0.269. The maximum atomic E-state index is 12.8. The first-order valence-corrected chi connectivity index (χ1v) is 11.6. The first kappa shape index (κ1) is 25.8. The number of alkyl carbamates (subject to hydrolysis) is 1. The molecule has 0 bridgehead atoms. The van der Waals surface area contributed by atoms with E-state index in [2.05, 4.69) is 10.3 Å². The van der Waals surface area contributed by atoms with Gasteiger partial charge in [0.25, 0.3) is 0 Å². The number of nitrogens with one attached hydrogen (secondary N) is 1. The lowest BCUT2D eigenvalue weighted by atomic mass is 10.1. The van der Waals surface area contributed by atoms with Gasteiger partial charge in [0.05, 0.1) is 37.0 Å². The molecule has 3 N–H and O–H groups in total. The van der Waals surface area contributed by atoms with Crippen molar-refractivity contribution < 1.29 is 27.4 Å². The van der Waals surface area contributed by atoms with Crippen LogP contribution in [0.2, 0.25) is 0 Å². The molecule has 0 aliphatic carbocycles. The number of fused-ring (bicyclic) bond motifs is 1. The molecule has 0 aliphatic rings. The topological polar surface area (TPSA) is 104 Å². The van der Waals surface area contributed by atoms with Gasteiger partial charge in [-0.1, -0.05) is 24.3 Å². The number of carbonyl (C=O) groups is 1. The number of carbonyl (C=O) groups excluding carboxylic acids is 1. The molecule has 8 nitrogen and oxygen atoms in total. The number of para-hydroxylation sites is 1. The number of rotatable bonds is 9. The van der Waals surface area contributed by atoms with Crippen molar-refractivity contribution in [1.29, 1.82) is 0 Å². The summed E-state index contributed by atoms with van der Waals surface area (Å²) >= 11 is 0. The second-order valence-electron chi connectivity index (χ2n) is 8.30. The van der Waals surface area contributed by atoms with E-state index >= 15 is 0 Å². The molecular formula is C26H26F3N5O3. The van der Waals surface area contributed by atoms with Gasteiger partial charge in [0.2, 0.25) is 0 Å². The second-order valence-corrected chi connectivity index (χ2v) is 8.30. The molecule has 4 aromatic rings. The molecule has 0 saturated carbocycles. The summed E-state index contributed by atoms with van der Waals surface area (Å²) in [4.78, 5) is 21.0.